The van der Waals surface area contributed by atoms with E-state index in [0.29, 0.717) is 12.0 Å². The molecule has 2 aromatic rings. The first-order valence-corrected chi connectivity index (χ1v) is 7.03. The molecule has 0 aromatic heterocycles. The topological polar surface area (TPSA) is 0 Å². The van der Waals surface area contributed by atoms with Crippen molar-refractivity contribution in [2.45, 2.75) is 25.1 Å². The summed E-state index contributed by atoms with van der Waals surface area (Å²) in [6.07, 6.45) is 0.495. The fraction of sp³-hybridized carbons (Fsp3) is 0.250. The zero-order valence-corrected chi connectivity index (χ0v) is 12.5. The highest BCUT2D eigenvalue weighted by molar-refractivity contribution is 9.09. The minimum atomic E-state index is -0.543. The van der Waals surface area contributed by atoms with E-state index in [0.717, 1.165) is 11.6 Å². The number of alkyl halides is 1. The van der Waals surface area contributed by atoms with Crippen molar-refractivity contribution in [3.05, 3.63) is 70.3 Å². The van der Waals surface area contributed by atoms with E-state index in [9.17, 15) is 8.78 Å². The summed E-state index contributed by atoms with van der Waals surface area (Å²) in [7, 11) is 0. The Kier molecular flexibility index (Phi) is 4.35. The fourth-order valence-corrected chi connectivity index (χ4v) is 2.80. The van der Waals surface area contributed by atoms with E-state index in [4.69, 9.17) is 0 Å². The molecule has 19 heavy (non-hydrogen) atoms. The summed E-state index contributed by atoms with van der Waals surface area (Å²) in [6.45, 7) is 4.07. The monoisotopic (exact) mass is 324 g/mol. The first-order chi connectivity index (χ1) is 8.95. The van der Waals surface area contributed by atoms with Crippen LogP contribution in [-0.4, -0.2) is 0 Å². The first-order valence-electron chi connectivity index (χ1n) is 6.12. The van der Waals surface area contributed by atoms with E-state index in [1.54, 1.807) is 0 Å². The Hall–Kier alpha value is -1.22. The number of hydrogen-bond acceptors (Lipinski definition) is 0. The molecular formula is C16H15BrF2. The normalized spacial score (nSPS) is 12.5. The number of rotatable bonds is 3. The molecular weight excluding hydrogens is 310 g/mol. The molecule has 0 N–H and O–H groups in total. The average molecular weight is 325 g/mol. The largest absolute Gasteiger partial charge is 0.207 e. The molecule has 0 aliphatic carbocycles. The Bertz CT molecular complexity index is 573. The predicted octanol–water partition coefficient (Wildman–Crippen LogP) is 5.26. The Labute approximate surface area is 120 Å². The van der Waals surface area contributed by atoms with Gasteiger partial charge in [-0.05, 0) is 37.5 Å². The summed E-state index contributed by atoms with van der Waals surface area (Å²) in [5, 5.41) is 0. The van der Waals surface area contributed by atoms with Gasteiger partial charge in [-0.1, -0.05) is 51.3 Å². The highest BCUT2D eigenvalue weighted by Crippen LogP contribution is 2.29. The van der Waals surface area contributed by atoms with Gasteiger partial charge in [-0.25, -0.2) is 8.78 Å². The molecule has 1 atom stereocenters. The predicted molar refractivity (Wildman–Crippen MR) is 77.6 cm³/mol. The van der Waals surface area contributed by atoms with Crippen molar-refractivity contribution in [1.82, 2.24) is 0 Å². The van der Waals surface area contributed by atoms with Gasteiger partial charge in [-0.15, -0.1) is 0 Å². The van der Waals surface area contributed by atoms with Crippen molar-refractivity contribution in [2.24, 2.45) is 0 Å². The van der Waals surface area contributed by atoms with E-state index < -0.39 is 11.6 Å². The van der Waals surface area contributed by atoms with Crippen LogP contribution in [0.4, 0.5) is 8.78 Å². The van der Waals surface area contributed by atoms with Gasteiger partial charge in [0.25, 0.3) is 0 Å². The van der Waals surface area contributed by atoms with Gasteiger partial charge in [0.2, 0.25) is 0 Å². The lowest BCUT2D eigenvalue weighted by Crippen LogP contribution is -1.99. The van der Waals surface area contributed by atoms with E-state index in [1.807, 2.05) is 13.8 Å². The minimum Gasteiger partial charge on any atom is -0.207 e. The zero-order chi connectivity index (χ0) is 14.0. The summed E-state index contributed by atoms with van der Waals surface area (Å²) in [5.41, 5.74) is 3.99. The number of halogens is 3. The van der Waals surface area contributed by atoms with Gasteiger partial charge in [-0.3, -0.25) is 0 Å². The third-order valence-corrected chi connectivity index (χ3v) is 3.87. The summed E-state index contributed by atoms with van der Waals surface area (Å²) in [4.78, 5) is 0.0195. The van der Waals surface area contributed by atoms with Gasteiger partial charge in [0.05, 0.1) is 0 Å². The van der Waals surface area contributed by atoms with E-state index in [-0.39, 0.29) is 4.83 Å². The number of benzene rings is 2. The van der Waals surface area contributed by atoms with Crippen molar-refractivity contribution in [2.75, 3.05) is 0 Å². The Balaban J connectivity index is 2.22. The van der Waals surface area contributed by atoms with Gasteiger partial charge in [-0.2, -0.15) is 0 Å². The van der Waals surface area contributed by atoms with E-state index in [1.165, 1.54) is 23.3 Å². The molecule has 0 fully saturated rings. The second kappa shape index (κ2) is 5.83. The van der Waals surface area contributed by atoms with Crippen LogP contribution in [-0.2, 0) is 6.42 Å². The molecule has 100 valence electrons. The smallest absolute Gasteiger partial charge is 0.129 e. The highest BCUT2D eigenvalue weighted by Gasteiger charge is 2.12. The standard InChI is InChI=1S/C16H15BrF2/c1-10-5-11(2)7-13(6-10)15(17)8-12-3-4-14(18)9-16(12)19/h3-7,9,15H,8H2,1-2H3. The molecule has 0 nitrogen and oxygen atoms in total. The van der Waals surface area contributed by atoms with Gasteiger partial charge in [0, 0.05) is 10.9 Å². The van der Waals surface area contributed by atoms with Crippen LogP contribution in [0, 0.1) is 25.5 Å². The summed E-state index contributed by atoms with van der Waals surface area (Å²) >= 11 is 3.58. The Morgan fingerprint density at radius 3 is 2.21 bits per heavy atom. The van der Waals surface area contributed by atoms with Crippen molar-refractivity contribution >= 4 is 15.9 Å². The van der Waals surface area contributed by atoms with Crippen LogP contribution in [0.15, 0.2) is 36.4 Å². The third kappa shape index (κ3) is 3.63. The Morgan fingerprint density at radius 2 is 1.63 bits per heavy atom. The van der Waals surface area contributed by atoms with Crippen LogP contribution in [0.5, 0.6) is 0 Å². The third-order valence-electron chi connectivity index (χ3n) is 3.02. The van der Waals surface area contributed by atoms with Crippen molar-refractivity contribution in [3.8, 4) is 0 Å². The van der Waals surface area contributed by atoms with Crippen molar-refractivity contribution in [3.63, 3.8) is 0 Å². The van der Waals surface area contributed by atoms with Gasteiger partial charge in [0.1, 0.15) is 11.6 Å². The maximum atomic E-state index is 13.6. The van der Waals surface area contributed by atoms with Gasteiger partial charge >= 0.3 is 0 Å². The lowest BCUT2D eigenvalue weighted by Gasteiger charge is -2.13. The molecule has 0 spiro atoms. The van der Waals surface area contributed by atoms with E-state index >= 15 is 0 Å². The zero-order valence-electron chi connectivity index (χ0n) is 10.9. The molecule has 1 unspecified atom stereocenters. The van der Waals surface area contributed by atoms with Crippen LogP contribution >= 0.6 is 15.9 Å². The van der Waals surface area contributed by atoms with Crippen molar-refractivity contribution < 1.29 is 8.78 Å². The van der Waals surface area contributed by atoms with Crippen molar-refractivity contribution in [1.29, 1.82) is 0 Å². The molecule has 0 heterocycles. The molecule has 0 saturated carbocycles. The maximum absolute atomic E-state index is 13.6. The van der Waals surface area contributed by atoms with Gasteiger partial charge in [0.15, 0.2) is 0 Å². The number of hydrogen-bond donors (Lipinski definition) is 0. The van der Waals surface area contributed by atoms with Crippen LogP contribution in [0.2, 0.25) is 0 Å². The molecule has 3 heteroatoms. The number of aryl methyl sites for hydroxylation is 2. The lowest BCUT2D eigenvalue weighted by atomic mass is 10.0. The molecule has 2 rings (SSSR count). The second-order valence-corrected chi connectivity index (χ2v) is 5.93. The minimum absolute atomic E-state index is 0.0195. The first kappa shape index (κ1) is 14.2. The van der Waals surface area contributed by atoms with Gasteiger partial charge < -0.3 is 0 Å². The van der Waals surface area contributed by atoms with Crippen LogP contribution in [0.25, 0.3) is 0 Å². The van der Waals surface area contributed by atoms with E-state index in [2.05, 4.69) is 34.1 Å². The summed E-state index contributed by atoms with van der Waals surface area (Å²) in [6, 6.07) is 9.97. The molecule has 2 aromatic carbocycles. The fourth-order valence-electron chi connectivity index (χ4n) is 2.19. The average Bonchev–Trinajstić information content (AvgIpc) is 2.31. The second-order valence-electron chi connectivity index (χ2n) is 4.83. The van der Waals surface area contributed by atoms with Crippen LogP contribution in [0.3, 0.4) is 0 Å². The quantitative estimate of drug-likeness (QED) is 0.675. The maximum Gasteiger partial charge on any atom is 0.129 e. The summed E-state index contributed by atoms with van der Waals surface area (Å²) in [5.74, 6) is -1.03. The molecule has 0 radical (unpaired) electrons. The molecule has 0 saturated heterocycles. The Morgan fingerprint density at radius 1 is 1.00 bits per heavy atom. The highest BCUT2D eigenvalue weighted by atomic mass is 79.9. The molecule has 0 bridgehead atoms. The summed E-state index contributed by atoms with van der Waals surface area (Å²) < 4.78 is 26.5. The lowest BCUT2D eigenvalue weighted by molar-refractivity contribution is 0.571. The molecule has 0 amide bonds. The van der Waals surface area contributed by atoms with Crippen LogP contribution < -0.4 is 0 Å². The molecule has 0 aliphatic rings. The SMILES string of the molecule is Cc1cc(C)cc(C(Br)Cc2ccc(F)cc2F)c1. The van der Waals surface area contributed by atoms with Crippen LogP contribution in [0.1, 0.15) is 27.1 Å². The molecule has 0 aliphatic heterocycles.